The number of hydrogen-bond donors (Lipinski definition) is 1. The SMILES string of the molecule is Cc1nn(CC(C)C)c(Cl)c1C(=O)NC(C)c1cccc(Cl)c1. The van der Waals surface area contributed by atoms with Gasteiger partial charge in [-0.3, -0.25) is 9.48 Å². The van der Waals surface area contributed by atoms with Crippen LogP contribution in [0.25, 0.3) is 0 Å². The lowest BCUT2D eigenvalue weighted by molar-refractivity contribution is 0.0939. The minimum atomic E-state index is -0.227. The Morgan fingerprint density at radius 3 is 2.61 bits per heavy atom. The Morgan fingerprint density at radius 1 is 1.30 bits per heavy atom. The summed E-state index contributed by atoms with van der Waals surface area (Å²) in [6.45, 7) is 8.53. The molecule has 1 aromatic heterocycles. The standard InChI is InChI=1S/C17H21Cl2N3O/c1-10(2)9-22-16(19)15(12(4)21-22)17(23)20-11(3)13-6-5-7-14(18)8-13/h5-8,10-11H,9H2,1-4H3,(H,20,23). The summed E-state index contributed by atoms with van der Waals surface area (Å²) in [6, 6.07) is 7.25. The Bertz CT molecular complexity index is 710. The van der Waals surface area contributed by atoms with Crippen molar-refractivity contribution in [1.82, 2.24) is 15.1 Å². The predicted molar refractivity (Wildman–Crippen MR) is 94.1 cm³/mol. The molecular formula is C17H21Cl2N3O. The number of carbonyl (C=O) groups excluding carboxylic acids is 1. The highest BCUT2D eigenvalue weighted by Crippen LogP contribution is 2.23. The Labute approximate surface area is 146 Å². The molecule has 0 radical (unpaired) electrons. The van der Waals surface area contributed by atoms with Gasteiger partial charge in [0, 0.05) is 11.6 Å². The number of nitrogens with one attached hydrogen (secondary N) is 1. The van der Waals surface area contributed by atoms with Crippen LogP contribution >= 0.6 is 23.2 Å². The van der Waals surface area contributed by atoms with E-state index in [1.807, 2.05) is 25.1 Å². The average Bonchev–Trinajstić information content (AvgIpc) is 2.72. The van der Waals surface area contributed by atoms with Gasteiger partial charge in [-0.05, 0) is 37.5 Å². The quantitative estimate of drug-likeness (QED) is 0.850. The average molecular weight is 354 g/mol. The van der Waals surface area contributed by atoms with Crippen molar-refractivity contribution in [3.8, 4) is 0 Å². The molecule has 0 fully saturated rings. The van der Waals surface area contributed by atoms with Crippen LogP contribution < -0.4 is 5.32 Å². The zero-order chi connectivity index (χ0) is 17.1. The first-order valence-electron chi connectivity index (χ1n) is 7.58. The van der Waals surface area contributed by atoms with Crippen LogP contribution in [0.15, 0.2) is 24.3 Å². The van der Waals surface area contributed by atoms with Crippen LogP contribution in [0.5, 0.6) is 0 Å². The number of aromatic nitrogens is 2. The highest BCUT2D eigenvalue weighted by Gasteiger charge is 2.22. The van der Waals surface area contributed by atoms with Gasteiger partial charge in [0.15, 0.2) is 0 Å². The largest absolute Gasteiger partial charge is 0.345 e. The van der Waals surface area contributed by atoms with E-state index >= 15 is 0 Å². The summed E-state index contributed by atoms with van der Waals surface area (Å²) < 4.78 is 1.68. The zero-order valence-corrected chi connectivity index (χ0v) is 15.2. The van der Waals surface area contributed by atoms with Crippen molar-refractivity contribution in [1.29, 1.82) is 0 Å². The van der Waals surface area contributed by atoms with E-state index in [0.717, 1.165) is 5.56 Å². The molecule has 124 valence electrons. The fraction of sp³-hybridized carbons (Fsp3) is 0.412. The highest BCUT2D eigenvalue weighted by atomic mass is 35.5. The van der Waals surface area contributed by atoms with Gasteiger partial charge >= 0.3 is 0 Å². The van der Waals surface area contributed by atoms with Crippen LogP contribution in [0.3, 0.4) is 0 Å². The van der Waals surface area contributed by atoms with Gasteiger partial charge in [0.25, 0.3) is 5.91 Å². The maximum atomic E-state index is 12.6. The number of amides is 1. The molecule has 0 spiro atoms. The molecule has 0 aliphatic carbocycles. The second-order valence-corrected chi connectivity index (χ2v) is 6.87. The van der Waals surface area contributed by atoms with Gasteiger partial charge in [0.1, 0.15) is 5.15 Å². The summed E-state index contributed by atoms with van der Waals surface area (Å²) in [4.78, 5) is 12.6. The smallest absolute Gasteiger partial charge is 0.256 e. The van der Waals surface area contributed by atoms with Gasteiger partial charge < -0.3 is 5.32 Å². The second-order valence-electron chi connectivity index (χ2n) is 6.08. The summed E-state index contributed by atoms with van der Waals surface area (Å²) in [6.07, 6.45) is 0. The van der Waals surface area contributed by atoms with E-state index < -0.39 is 0 Å². The van der Waals surface area contributed by atoms with Crippen LogP contribution in [0, 0.1) is 12.8 Å². The lowest BCUT2D eigenvalue weighted by Gasteiger charge is -2.14. The van der Waals surface area contributed by atoms with Crippen LogP contribution in [0.4, 0.5) is 0 Å². The number of hydrogen-bond acceptors (Lipinski definition) is 2. The van der Waals surface area contributed by atoms with E-state index in [4.69, 9.17) is 23.2 Å². The molecule has 0 saturated heterocycles. The summed E-state index contributed by atoms with van der Waals surface area (Å²) in [5.74, 6) is 0.170. The Kier molecular flexibility index (Phi) is 5.71. The van der Waals surface area contributed by atoms with Crippen LogP contribution in [-0.4, -0.2) is 15.7 Å². The van der Waals surface area contributed by atoms with E-state index in [-0.39, 0.29) is 11.9 Å². The molecular weight excluding hydrogens is 333 g/mol. The first-order chi connectivity index (χ1) is 10.8. The molecule has 2 aromatic rings. The number of halogens is 2. The number of carbonyl (C=O) groups is 1. The molecule has 0 aliphatic heterocycles. The fourth-order valence-corrected chi connectivity index (χ4v) is 2.93. The number of nitrogens with zero attached hydrogens (tertiary/aromatic N) is 2. The van der Waals surface area contributed by atoms with Gasteiger partial charge in [-0.2, -0.15) is 5.10 Å². The van der Waals surface area contributed by atoms with Crippen LogP contribution in [-0.2, 0) is 6.54 Å². The van der Waals surface area contributed by atoms with Gasteiger partial charge in [-0.15, -0.1) is 0 Å². The number of benzene rings is 1. The van der Waals surface area contributed by atoms with Crippen LogP contribution in [0.1, 0.15) is 48.4 Å². The fourth-order valence-electron chi connectivity index (χ4n) is 2.41. The molecule has 2 rings (SSSR count). The molecule has 0 saturated carbocycles. The molecule has 1 atom stereocenters. The zero-order valence-electron chi connectivity index (χ0n) is 13.7. The highest BCUT2D eigenvalue weighted by molar-refractivity contribution is 6.33. The topological polar surface area (TPSA) is 46.9 Å². The monoisotopic (exact) mass is 353 g/mol. The second kappa shape index (κ2) is 7.37. The predicted octanol–water partition coefficient (Wildman–Crippen LogP) is 4.65. The maximum Gasteiger partial charge on any atom is 0.256 e. The Morgan fingerprint density at radius 2 is 2.00 bits per heavy atom. The maximum absolute atomic E-state index is 12.6. The third kappa shape index (κ3) is 4.27. The lowest BCUT2D eigenvalue weighted by atomic mass is 10.1. The van der Waals surface area contributed by atoms with E-state index in [9.17, 15) is 4.79 Å². The number of aryl methyl sites for hydroxylation is 1. The Hall–Kier alpha value is -1.52. The molecule has 1 aromatic carbocycles. The normalized spacial score (nSPS) is 12.5. The van der Waals surface area contributed by atoms with Crippen molar-refractivity contribution in [2.45, 2.75) is 40.3 Å². The van der Waals surface area contributed by atoms with Gasteiger partial charge in [-0.25, -0.2) is 0 Å². The van der Waals surface area contributed by atoms with Crippen molar-refractivity contribution in [2.24, 2.45) is 5.92 Å². The molecule has 1 amide bonds. The minimum absolute atomic E-state index is 0.176. The van der Waals surface area contributed by atoms with Crippen LogP contribution in [0.2, 0.25) is 10.2 Å². The third-order valence-corrected chi connectivity index (χ3v) is 4.15. The summed E-state index contributed by atoms with van der Waals surface area (Å²) in [5, 5.41) is 8.34. The van der Waals surface area contributed by atoms with E-state index in [0.29, 0.717) is 33.9 Å². The van der Waals surface area contributed by atoms with Gasteiger partial charge in [0.05, 0.1) is 17.3 Å². The number of rotatable bonds is 5. The Balaban J connectivity index is 2.19. The van der Waals surface area contributed by atoms with Crippen molar-refractivity contribution < 1.29 is 4.79 Å². The first-order valence-corrected chi connectivity index (χ1v) is 8.34. The molecule has 1 N–H and O–H groups in total. The molecule has 0 bridgehead atoms. The summed E-state index contributed by atoms with van der Waals surface area (Å²) in [7, 11) is 0. The molecule has 1 unspecified atom stereocenters. The van der Waals surface area contributed by atoms with Crippen molar-refractivity contribution >= 4 is 29.1 Å². The summed E-state index contributed by atoms with van der Waals surface area (Å²) >= 11 is 12.3. The van der Waals surface area contributed by atoms with E-state index in [1.54, 1.807) is 17.7 Å². The molecule has 23 heavy (non-hydrogen) atoms. The molecule has 0 aliphatic rings. The summed E-state index contributed by atoms with van der Waals surface area (Å²) in [5.41, 5.74) is 2.00. The lowest BCUT2D eigenvalue weighted by Crippen LogP contribution is -2.27. The molecule has 1 heterocycles. The van der Waals surface area contributed by atoms with Crippen molar-refractivity contribution in [2.75, 3.05) is 0 Å². The minimum Gasteiger partial charge on any atom is -0.345 e. The third-order valence-electron chi connectivity index (χ3n) is 3.53. The van der Waals surface area contributed by atoms with E-state index in [1.165, 1.54) is 0 Å². The molecule has 6 heteroatoms. The first kappa shape index (κ1) is 17.8. The van der Waals surface area contributed by atoms with E-state index in [2.05, 4.69) is 24.3 Å². The van der Waals surface area contributed by atoms with Crippen molar-refractivity contribution in [3.63, 3.8) is 0 Å². The van der Waals surface area contributed by atoms with Crippen molar-refractivity contribution in [3.05, 3.63) is 51.3 Å². The molecule has 4 nitrogen and oxygen atoms in total. The van der Waals surface area contributed by atoms with Gasteiger partial charge in [0.2, 0.25) is 0 Å². The van der Waals surface area contributed by atoms with Gasteiger partial charge in [-0.1, -0.05) is 49.2 Å².